The molecule has 0 amide bonds. The molecule has 4 heterocycles. The fourth-order valence-electron chi connectivity index (χ4n) is 4.77. The van der Waals surface area contributed by atoms with Crippen molar-refractivity contribution in [1.82, 2.24) is 19.7 Å². The minimum absolute atomic E-state index is 0.593. The highest BCUT2D eigenvalue weighted by molar-refractivity contribution is 5.61. The highest BCUT2D eigenvalue weighted by Crippen LogP contribution is 2.32. The lowest BCUT2D eigenvalue weighted by molar-refractivity contribution is 0.199. The summed E-state index contributed by atoms with van der Waals surface area (Å²) >= 11 is 0. The summed E-state index contributed by atoms with van der Waals surface area (Å²) in [5, 5.41) is 12.6. The number of benzene rings is 1. The smallest absolute Gasteiger partial charge is 0.136 e. The van der Waals surface area contributed by atoms with Crippen molar-refractivity contribution in [3.63, 3.8) is 0 Å². The summed E-state index contributed by atoms with van der Waals surface area (Å²) in [6.45, 7) is 5.61. The topological polar surface area (TPSA) is 46.0 Å². The third-order valence-electron chi connectivity index (χ3n) is 6.17. The molecule has 2 aromatic rings. The number of para-hydroxylation sites is 1. The van der Waals surface area contributed by atoms with Gasteiger partial charge in [-0.15, -0.1) is 10.2 Å². The molecule has 5 rings (SSSR count). The van der Waals surface area contributed by atoms with Crippen LogP contribution in [0.2, 0.25) is 0 Å². The van der Waals surface area contributed by atoms with Crippen molar-refractivity contribution in [3.8, 4) is 0 Å². The van der Waals surface area contributed by atoms with E-state index in [9.17, 15) is 0 Å². The molecule has 0 radical (unpaired) electrons. The van der Waals surface area contributed by atoms with Crippen molar-refractivity contribution < 1.29 is 0 Å². The van der Waals surface area contributed by atoms with E-state index >= 15 is 0 Å². The SMILES string of the molecule is c1cc2c(c(CN3CCC(c4nnc5n4CCCC5)CC3)c1)NCC2. The lowest BCUT2D eigenvalue weighted by Gasteiger charge is -2.32. The molecule has 0 aliphatic carbocycles. The van der Waals surface area contributed by atoms with Crippen molar-refractivity contribution in [2.24, 2.45) is 0 Å². The lowest BCUT2D eigenvalue weighted by atomic mass is 9.95. The molecule has 0 bridgehead atoms. The van der Waals surface area contributed by atoms with Crippen molar-refractivity contribution in [1.29, 1.82) is 0 Å². The van der Waals surface area contributed by atoms with Crippen LogP contribution in [0.15, 0.2) is 18.2 Å². The standard InChI is InChI=1S/C20H27N5/c1-2-11-25-18(6-1)22-23-20(25)16-8-12-24(13-9-16)14-17-5-3-4-15-7-10-21-19(15)17/h3-5,16,21H,1-2,6-14H2. The van der Waals surface area contributed by atoms with Crippen molar-refractivity contribution in [3.05, 3.63) is 41.0 Å². The van der Waals surface area contributed by atoms with Crippen molar-refractivity contribution in [2.45, 2.75) is 57.5 Å². The Morgan fingerprint density at radius 3 is 2.88 bits per heavy atom. The number of nitrogens with zero attached hydrogens (tertiary/aromatic N) is 4. The van der Waals surface area contributed by atoms with Crippen LogP contribution in [0.25, 0.3) is 0 Å². The van der Waals surface area contributed by atoms with E-state index in [-0.39, 0.29) is 0 Å². The molecule has 0 atom stereocenters. The van der Waals surface area contributed by atoms with Gasteiger partial charge in [0.2, 0.25) is 0 Å². The average Bonchev–Trinajstić information content (AvgIpc) is 3.30. The van der Waals surface area contributed by atoms with Gasteiger partial charge in [0.05, 0.1) is 0 Å². The van der Waals surface area contributed by atoms with E-state index in [1.807, 2.05) is 0 Å². The fourth-order valence-corrected chi connectivity index (χ4v) is 4.77. The molecule has 1 aromatic heterocycles. The quantitative estimate of drug-likeness (QED) is 0.935. The summed E-state index contributed by atoms with van der Waals surface area (Å²) in [4.78, 5) is 2.61. The largest absolute Gasteiger partial charge is 0.384 e. The first-order valence-electron chi connectivity index (χ1n) is 9.87. The number of nitrogens with one attached hydrogen (secondary N) is 1. The molecule has 132 valence electrons. The first-order chi connectivity index (χ1) is 12.4. The monoisotopic (exact) mass is 337 g/mol. The summed E-state index contributed by atoms with van der Waals surface area (Å²) in [5.74, 6) is 3.07. The van der Waals surface area contributed by atoms with Gasteiger partial charge in [-0.3, -0.25) is 4.90 Å². The van der Waals surface area contributed by atoms with Gasteiger partial charge in [0.1, 0.15) is 11.6 Å². The van der Waals surface area contributed by atoms with Crippen molar-refractivity contribution in [2.75, 3.05) is 25.0 Å². The zero-order valence-electron chi connectivity index (χ0n) is 14.9. The number of rotatable bonds is 3. The molecule has 5 heteroatoms. The van der Waals surface area contributed by atoms with Gasteiger partial charge in [0.25, 0.3) is 0 Å². The molecule has 1 saturated heterocycles. The van der Waals surface area contributed by atoms with Gasteiger partial charge in [-0.2, -0.15) is 0 Å². The van der Waals surface area contributed by atoms with Gasteiger partial charge in [-0.1, -0.05) is 18.2 Å². The third kappa shape index (κ3) is 2.84. The predicted molar refractivity (Wildman–Crippen MR) is 98.8 cm³/mol. The summed E-state index contributed by atoms with van der Waals surface area (Å²) in [6, 6.07) is 6.77. The zero-order chi connectivity index (χ0) is 16.6. The van der Waals surface area contributed by atoms with Crippen LogP contribution in [-0.2, 0) is 25.9 Å². The second-order valence-corrected chi connectivity index (χ2v) is 7.76. The molecular weight excluding hydrogens is 310 g/mol. The maximum absolute atomic E-state index is 4.56. The predicted octanol–water partition coefficient (Wildman–Crippen LogP) is 2.96. The summed E-state index contributed by atoms with van der Waals surface area (Å²) in [5.41, 5.74) is 4.35. The molecule has 5 nitrogen and oxygen atoms in total. The third-order valence-corrected chi connectivity index (χ3v) is 6.17. The van der Waals surface area contributed by atoms with Gasteiger partial charge in [-0.05, 0) is 56.3 Å². The van der Waals surface area contributed by atoms with E-state index in [0.29, 0.717) is 5.92 Å². The van der Waals surface area contributed by atoms with Gasteiger partial charge >= 0.3 is 0 Å². The molecule has 3 aliphatic heterocycles. The van der Waals surface area contributed by atoms with Crippen LogP contribution in [0.3, 0.4) is 0 Å². The van der Waals surface area contributed by atoms with Crippen LogP contribution in [0.5, 0.6) is 0 Å². The highest BCUT2D eigenvalue weighted by atomic mass is 15.3. The van der Waals surface area contributed by atoms with Gasteiger partial charge < -0.3 is 9.88 Å². The van der Waals surface area contributed by atoms with E-state index in [0.717, 1.165) is 39.1 Å². The van der Waals surface area contributed by atoms with Crippen molar-refractivity contribution >= 4 is 5.69 Å². The Labute approximate surface area is 149 Å². The molecule has 0 spiro atoms. The number of piperidine rings is 1. The number of anilines is 1. The maximum Gasteiger partial charge on any atom is 0.136 e. The highest BCUT2D eigenvalue weighted by Gasteiger charge is 2.27. The second kappa shape index (κ2) is 6.45. The fraction of sp³-hybridized carbons (Fsp3) is 0.600. The normalized spacial score (nSPS) is 21.0. The lowest BCUT2D eigenvalue weighted by Crippen LogP contribution is -2.33. The number of likely N-dealkylation sites (tertiary alicyclic amines) is 1. The summed E-state index contributed by atoms with van der Waals surface area (Å²) in [7, 11) is 0. The minimum atomic E-state index is 0.593. The molecule has 1 N–H and O–H groups in total. The summed E-state index contributed by atoms with van der Waals surface area (Å²) in [6.07, 6.45) is 7.25. The van der Waals surface area contributed by atoms with E-state index in [2.05, 4.69) is 43.2 Å². The van der Waals surface area contributed by atoms with Crippen LogP contribution in [-0.4, -0.2) is 39.3 Å². The van der Waals surface area contributed by atoms with Gasteiger partial charge in [0.15, 0.2) is 0 Å². The average molecular weight is 337 g/mol. The first kappa shape index (κ1) is 15.4. The Morgan fingerprint density at radius 1 is 1.04 bits per heavy atom. The van der Waals surface area contributed by atoms with Gasteiger partial charge in [-0.25, -0.2) is 0 Å². The van der Waals surface area contributed by atoms with Crippen LogP contribution in [0.4, 0.5) is 5.69 Å². The zero-order valence-corrected chi connectivity index (χ0v) is 14.9. The number of aromatic nitrogens is 3. The molecule has 3 aliphatic rings. The second-order valence-electron chi connectivity index (χ2n) is 7.76. The molecule has 25 heavy (non-hydrogen) atoms. The first-order valence-corrected chi connectivity index (χ1v) is 9.87. The van der Waals surface area contributed by atoms with E-state index < -0.39 is 0 Å². The Balaban J connectivity index is 1.25. The summed E-state index contributed by atoms with van der Waals surface area (Å²) < 4.78 is 2.41. The van der Waals surface area contributed by atoms with Crippen LogP contribution in [0.1, 0.15) is 54.4 Å². The molecule has 0 saturated carbocycles. The minimum Gasteiger partial charge on any atom is -0.384 e. The van der Waals surface area contributed by atoms with Gasteiger partial charge in [0, 0.05) is 37.7 Å². The number of fused-ring (bicyclic) bond motifs is 2. The molecule has 0 unspecified atom stereocenters. The Bertz CT molecular complexity index is 757. The number of hydrogen-bond donors (Lipinski definition) is 1. The molecule has 1 fully saturated rings. The number of aryl methyl sites for hydroxylation is 1. The number of hydrogen-bond acceptors (Lipinski definition) is 4. The van der Waals surface area contributed by atoms with E-state index in [4.69, 9.17) is 0 Å². The molecule has 1 aromatic carbocycles. The van der Waals surface area contributed by atoms with E-state index in [1.165, 1.54) is 60.6 Å². The Morgan fingerprint density at radius 2 is 1.96 bits per heavy atom. The molecular formula is C20H27N5. The van der Waals surface area contributed by atoms with Crippen LogP contribution >= 0.6 is 0 Å². The van der Waals surface area contributed by atoms with Crippen LogP contribution < -0.4 is 5.32 Å². The van der Waals surface area contributed by atoms with E-state index in [1.54, 1.807) is 0 Å². The Hall–Kier alpha value is -1.88. The van der Waals surface area contributed by atoms with Crippen LogP contribution in [0, 0.1) is 0 Å². The maximum atomic E-state index is 4.56. The Kier molecular flexibility index (Phi) is 3.97.